The van der Waals surface area contributed by atoms with E-state index in [1.54, 1.807) is 6.92 Å². The van der Waals surface area contributed by atoms with Crippen molar-refractivity contribution < 1.29 is 13.6 Å². The Kier molecular flexibility index (Phi) is 5.58. The van der Waals surface area contributed by atoms with Crippen LogP contribution >= 0.6 is 0 Å². The Labute approximate surface area is 77.9 Å². The van der Waals surface area contributed by atoms with Crippen molar-refractivity contribution in [2.75, 3.05) is 13.1 Å². The van der Waals surface area contributed by atoms with E-state index < -0.39 is 12.3 Å². The van der Waals surface area contributed by atoms with E-state index in [1.807, 2.05) is 13.8 Å². The number of amides is 1. The summed E-state index contributed by atoms with van der Waals surface area (Å²) in [5, 5.41) is 0. The molecule has 1 fully saturated rings. The van der Waals surface area contributed by atoms with Gasteiger partial charge in [0.2, 0.25) is 5.91 Å². The Bertz CT molecular complexity index is 154. The molecule has 0 N–H and O–H groups in total. The Balaban J connectivity index is 0.000000671. The molecule has 0 saturated carbocycles. The predicted octanol–water partition coefficient (Wildman–Crippen LogP) is 1.94. The zero-order chi connectivity index (χ0) is 10.4. The molecule has 1 saturated heterocycles. The average molecular weight is 193 g/mol. The number of carbonyl (C=O) groups excluding carboxylic acids is 1. The standard InChI is InChI=1S/C7H11F2NO.C2H6/c1-2-7(11)10-3-5(8)6(9)4-10;1-2/h5-6H,2-4H2,1H3;1-2H3. The number of rotatable bonds is 1. The van der Waals surface area contributed by atoms with Gasteiger partial charge in [0.05, 0.1) is 13.1 Å². The molecule has 78 valence electrons. The summed E-state index contributed by atoms with van der Waals surface area (Å²) in [5.74, 6) is -0.173. The van der Waals surface area contributed by atoms with Crippen LogP contribution in [0.2, 0.25) is 0 Å². The Hall–Kier alpha value is -0.670. The van der Waals surface area contributed by atoms with Crippen molar-refractivity contribution in [3.05, 3.63) is 0 Å². The molecule has 1 aliphatic rings. The van der Waals surface area contributed by atoms with Crippen LogP contribution in [-0.2, 0) is 4.79 Å². The van der Waals surface area contributed by atoms with Crippen molar-refractivity contribution in [2.45, 2.75) is 39.5 Å². The smallest absolute Gasteiger partial charge is 0.222 e. The lowest BCUT2D eigenvalue weighted by Crippen LogP contribution is -2.28. The second-order valence-corrected chi connectivity index (χ2v) is 2.68. The van der Waals surface area contributed by atoms with Crippen LogP contribution in [0.5, 0.6) is 0 Å². The molecule has 2 atom stereocenters. The third-order valence-electron chi connectivity index (χ3n) is 1.84. The Morgan fingerprint density at radius 3 is 2.00 bits per heavy atom. The zero-order valence-electron chi connectivity index (χ0n) is 8.39. The lowest BCUT2D eigenvalue weighted by molar-refractivity contribution is -0.130. The van der Waals surface area contributed by atoms with Gasteiger partial charge in [-0.1, -0.05) is 20.8 Å². The lowest BCUT2D eigenvalue weighted by atomic mass is 10.3. The van der Waals surface area contributed by atoms with Gasteiger partial charge in [-0.2, -0.15) is 0 Å². The molecule has 2 nitrogen and oxygen atoms in total. The summed E-state index contributed by atoms with van der Waals surface area (Å²) in [6.45, 7) is 5.53. The molecule has 1 amide bonds. The number of likely N-dealkylation sites (tertiary alicyclic amines) is 1. The molecule has 1 heterocycles. The summed E-state index contributed by atoms with van der Waals surface area (Å²) >= 11 is 0. The van der Waals surface area contributed by atoms with Gasteiger partial charge in [0.15, 0.2) is 12.3 Å². The van der Waals surface area contributed by atoms with Gasteiger partial charge in [-0.3, -0.25) is 4.79 Å². The third kappa shape index (κ3) is 3.28. The first kappa shape index (κ1) is 12.3. The normalized spacial score (nSPS) is 26.7. The van der Waals surface area contributed by atoms with Gasteiger partial charge in [0.1, 0.15) is 0 Å². The van der Waals surface area contributed by atoms with E-state index in [0.717, 1.165) is 0 Å². The van der Waals surface area contributed by atoms with Gasteiger partial charge in [0, 0.05) is 6.42 Å². The molecule has 2 unspecified atom stereocenters. The highest BCUT2D eigenvalue weighted by molar-refractivity contribution is 5.76. The SMILES string of the molecule is CC.CCC(=O)N1CC(F)C(F)C1. The van der Waals surface area contributed by atoms with Crippen LogP contribution in [0.25, 0.3) is 0 Å². The third-order valence-corrected chi connectivity index (χ3v) is 1.84. The van der Waals surface area contributed by atoms with Crippen molar-refractivity contribution in [3.63, 3.8) is 0 Å². The minimum atomic E-state index is -1.48. The van der Waals surface area contributed by atoms with Gasteiger partial charge in [-0.25, -0.2) is 8.78 Å². The van der Waals surface area contributed by atoms with Crippen molar-refractivity contribution in [2.24, 2.45) is 0 Å². The molecule has 13 heavy (non-hydrogen) atoms. The van der Waals surface area contributed by atoms with Crippen LogP contribution < -0.4 is 0 Å². The fraction of sp³-hybridized carbons (Fsp3) is 0.889. The van der Waals surface area contributed by atoms with E-state index in [4.69, 9.17) is 0 Å². The largest absolute Gasteiger partial charge is 0.337 e. The van der Waals surface area contributed by atoms with Crippen LogP contribution in [0.15, 0.2) is 0 Å². The number of alkyl halides is 2. The van der Waals surface area contributed by atoms with Crippen molar-refractivity contribution in [3.8, 4) is 0 Å². The van der Waals surface area contributed by atoms with Crippen LogP contribution in [-0.4, -0.2) is 36.2 Å². The quantitative estimate of drug-likeness (QED) is 0.623. The highest BCUT2D eigenvalue weighted by atomic mass is 19.2. The van der Waals surface area contributed by atoms with Crippen molar-refractivity contribution in [1.82, 2.24) is 4.90 Å². The summed E-state index contributed by atoms with van der Waals surface area (Å²) in [6, 6.07) is 0. The maximum Gasteiger partial charge on any atom is 0.222 e. The molecular formula is C9H17F2NO. The van der Waals surface area contributed by atoms with E-state index in [0.29, 0.717) is 6.42 Å². The second-order valence-electron chi connectivity index (χ2n) is 2.68. The first-order valence-electron chi connectivity index (χ1n) is 4.71. The summed E-state index contributed by atoms with van der Waals surface area (Å²) in [5.41, 5.74) is 0. The maximum absolute atomic E-state index is 12.5. The van der Waals surface area contributed by atoms with Crippen LogP contribution in [0.3, 0.4) is 0 Å². The number of hydrogen-bond donors (Lipinski definition) is 0. The number of hydrogen-bond acceptors (Lipinski definition) is 1. The molecule has 0 aromatic rings. The summed E-state index contributed by atoms with van der Waals surface area (Å²) in [7, 11) is 0. The molecular weight excluding hydrogens is 176 g/mol. The molecule has 0 aromatic carbocycles. The second kappa shape index (κ2) is 5.89. The van der Waals surface area contributed by atoms with Gasteiger partial charge < -0.3 is 4.90 Å². The summed E-state index contributed by atoms with van der Waals surface area (Å²) < 4.78 is 25.0. The Morgan fingerprint density at radius 1 is 1.31 bits per heavy atom. The minimum absolute atomic E-state index is 0.0756. The fourth-order valence-corrected chi connectivity index (χ4v) is 1.15. The number of halogens is 2. The van der Waals surface area contributed by atoms with Gasteiger partial charge in [-0.15, -0.1) is 0 Å². The lowest BCUT2D eigenvalue weighted by Gasteiger charge is -2.12. The van der Waals surface area contributed by atoms with Crippen LogP contribution in [0.1, 0.15) is 27.2 Å². The van der Waals surface area contributed by atoms with Crippen LogP contribution in [0.4, 0.5) is 8.78 Å². The fourth-order valence-electron chi connectivity index (χ4n) is 1.15. The predicted molar refractivity (Wildman–Crippen MR) is 48.0 cm³/mol. The topological polar surface area (TPSA) is 20.3 Å². The van der Waals surface area contributed by atoms with Gasteiger partial charge in [0.25, 0.3) is 0 Å². The van der Waals surface area contributed by atoms with Gasteiger partial charge in [-0.05, 0) is 0 Å². The molecule has 0 spiro atoms. The van der Waals surface area contributed by atoms with Crippen molar-refractivity contribution in [1.29, 1.82) is 0 Å². The zero-order valence-corrected chi connectivity index (χ0v) is 8.39. The first-order chi connectivity index (χ1) is 6.15. The van der Waals surface area contributed by atoms with E-state index in [-0.39, 0.29) is 19.0 Å². The highest BCUT2D eigenvalue weighted by Crippen LogP contribution is 2.16. The number of nitrogens with zero attached hydrogens (tertiary/aromatic N) is 1. The first-order valence-corrected chi connectivity index (χ1v) is 4.71. The van der Waals surface area contributed by atoms with Gasteiger partial charge >= 0.3 is 0 Å². The molecule has 0 aromatic heterocycles. The molecule has 0 bridgehead atoms. The Morgan fingerprint density at radius 2 is 1.69 bits per heavy atom. The molecule has 4 heteroatoms. The van der Waals surface area contributed by atoms with E-state index >= 15 is 0 Å². The average Bonchev–Trinajstić information content (AvgIpc) is 2.49. The van der Waals surface area contributed by atoms with Crippen LogP contribution in [0, 0.1) is 0 Å². The molecule has 1 rings (SSSR count). The highest BCUT2D eigenvalue weighted by Gasteiger charge is 2.34. The van der Waals surface area contributed by atoms with E-state index in [2.05, 4.69) is 0 Å². The minimum Gasteiger partial charge on any atom is -0.337 e. The summed E-state index contributed by atoms with van der Waals surface area (Å²) in [6.07, 6.45) is -2.64. The van der Waals surface area contributed by atoms with Crippen molar-refractivity contribution >= 4 is 5.91 Å². The molecule has 1 aliphatic heterocycles. The molecule has 0 radical (unpaired) electrons. The maximum atomic E-state index is 12.5. The van der Waals surface area contributed by atoms with E-state index in [1.165, 1.54) is 4.90 Å². The monoisotopic (exact) mass is 193 g/mol. The molecule has 0 aliphatic carbocycles. The van der Waals surface area contributed by atoms with E-state index in [9.17, 15) is 13.6 Å². The number of carbonyl (C=O) groups is 1. The summed E-state index contributed by atoms with van der Waals surface area (Å²) in [4.78, 5) is 12.1.